The van der Waals surface area contributed by atoms with Crippen LogP contribution in [0, 0.1) is 5.92 Å². The zero-order valence-corrected chi connectivity index (χ0v) is 24.6. The molecule has 0 bridgehead atoms. The molecule has 1 aromatic heterocycles. The number of aromatic nitrogens is 1. The second-order valence-corrected chi connectivity index (χ2v) is 12.4. The van der Waals surface area contributed by atoms with Gasteiger partial charge in [0.05, 0.1) is 45.8 Å². The molecule has 0 aliphatic carbocycles. The molecule has 40 heavy (non-hydrogen) atoms. The summed E-state index contributed by atoms with van der Waals surface area (Å²) < 4.78 is 39.4. The van der Waals surface area contributed by atoms with Gasteiger partial charge in [0, 0.05) is 13.1 Å². The van der Waals surface area contributed by atoms with Crippen LogP contribution in [-0.2, 0) is 30.7 Å². The average molecular weight is 592 g/mol. The highest BCUT2D eigenvalue weighted by atomic mass is 32.2. The normalized spacial score (nSPS) is 14.0. The number of hydrogen-bond donors (Lipinski definition) is 2. The quantitative estimate of drug-likeness (QED) is 0.200. The number of nitrogens with zero attached hydrogens (tertiary/aromatic N) is 2. The van der Waals surface area contributed by atoms with Crippen molar-refractivity contribution in [1.29, 1.82) is 0 Å². The highest BCUT2D eigenvalue weighted by Gasteiger charge is 2.31. The Balaban J connectivity index is 1.81. The van der Waals surface area contributed by atoms with Crippen molar-refractivity contribution in [1.82, 2.24) is 14.6 Å². The Morgan fingerprint density at radius 1 is 1.15 bits per heavy atom. The summed E-state index contributed by atoms with van der Waals surface area (Å²) in [4.78, 5) is 28.6. The summed E-state index contributed by atoms with van der Waals surface area (Å²) in [6.45, 7) is 3.37. The van der Waals surface area contributed by atoms with Crippen molar-refractivity contribution in [3.05, 3.63) is 59.6 Å². The Labute approximate surface area is 239 Å². The number of sulfonamides is 1. The van der Waals surface area contributed by atoms with Gasteiger partial charge in [0.2, 0.25) is 10.0 Å². The van der Waals surface area contributed by atoms with Gasteiger partial charge in [0.25, 0.3) is 0 Å². The average Bonchev–Trinajstić information content (AvgIpc) is 3.43. The maximum absolute atomic E-state index is 13.7. The molecule has 10 nitrogen and oxygen atoms in total. The number of fused-ring (bicyclic) bond motifs is 1. The first kappa shape index (κ1) is 31.5. The van der Waals surface area contributed by atoms with Crippen molar-refractivity contribution in [2.75, 3.05) is 26.8 Å². The van der Waals surface area contributed by atoms with Crippen LogP contribution < -0.4 is 5.32 Å². The number of benzene rings is 2. The molecule has 2 aromatic carbocycles. The van der Waals surface area contributed by atoms with Crippen LogP contribution in [0.3, 0.4) is 0 Å². The van der Waals surface area contributed by atoms with Crippen LogP contribution in [0.25, 0.3) is 10.2 Å². The topological polar surface area (TPSA) is 135 Å². The molecule has 0 unspecified atom stereocenters. The number of unbranched alkanes of at least 4 members (excludes halogenated alkanes) is 2. The molecule has 12 heteroatoms. The lowest BCUT2D eigenvalue weighted by molar-refractivity contribution is -0.146. The van der Waals surface area contributed by atoms with E-state index in [1.165, 1.54) is 28.8 Å². The molecular formula is C28H37N3O7S2. The second-order valence-electron chi connectivity index (χ2n) is 9.58. The zero-order chi connectivity index (χ0) is 29.1. The summed E-state index contributed by atoms with van der Waals surface area (Å²) >= 11 is 1.35. The number of rotatable bonds is 15. The maximum atomic E-state index is 13.7. The largest absolute Gasteiger partial charge is 0.469 e. The molecule has 1 amide bonds. The number of aliphatic hydroxyl groups excluding tert-OH is 1. The number of hydrogen-bond acceptors (Lipinski definition) is 9. The number of amides is 1. The van der Waals surface area contributed by atoms with Crippen LogP contribution in [0.5, 0.6) is 0 Å². The summed E-state index contributed by atoms with van der Waals surface area (Å²) in [7, 11) is -2.71. The monoisotopic (exact) mass is 591 g/mol. The van der Waals surface area contributed by atoms with E-state index in [2.05, 4.69) is 15.0 Å². The molecule has 3 rings (SSSR count). The molecule has 0 saturated carbocycles. The third kappa shape index (κ3) is 8.72. The van der Waals surface area contributed by atoms with Crippen molar-refractivity contribution < 1.29 is 32.6 Å². The summed E-state index contributed by atoms with van der Waals surface area (Å²) in [5.41, 5.74) is 3.22. The predicted octanol–water partition coefficient (Wildman–Crippen LogP) is 3.98. The van der Waals surface area contributed by atoms with Crippen LogP contribution >= 0.6 is 11.3 Å². The molecule has 1 heterocycles. The molecular weight excluding hydrogens is 554 g/mol. The van der Waals surface area contributed by atoms with E-state index in [-0.39, 0.29) is 31.0 Å². The molecule has 0 fully saturated rings. The van der Waals surface area contributed by atoms with E-state index in [1.807, 2.05) is 37.3 Å². The SMILES string of the molecule is CCCCCN(C[C@@H](O)[C@H](Cc1ccccc1)NC(=O)OC[C@@H](C)C(=O)OC)S(=O)(=O)c1ccc2ncsc2c1. The first-order valence-corrected chi connectivity index (χ1v) is 15.5. The van der Waals surface area contributed by atoms with Gasteiger partial charge < -0.3 is 19.9 Å². The van der Waals surface area contributed by atoms with E-state index >= 15 is 0 Å². The van der Waals surface area contributed by atoms with Gasteiger partial charge in [0.1, 0.15) is 6.61 Å². The number of aliphatic hydroxyl groups is 1. The van der Waals surface area contributed by atoms with Gasteiger partial charge in [-0.05, 0) is 43.5 Å². The van der Waals surface area contributed by atoms with Crippen molar-refractivity contribution in [2.24, 2.45) is 5.92 Å². The summed E-state index contributed by atoms with van der Waals surface area (Å²) in [6.07, 6.45) is 0.500. The fourth-order valence-corrected chi connectivity index (χ4v) is 6.46. The maximum Gasteiger partial charge on any atom is 0.407 e. The number of thiazole rings is 1. The first-order chi connectivity index (χ1) is 19.1. The third-order valence-corrected chi connectivity index (χ3v) is 9.13. The summed E-state index contributed by atoms with van der Waals surface area (Å²) in [5.74, 6) is -1.18. The third-order valence-electron chi connectivity index (χ3n) is 6.48. The molecule has 2 N–H and O–H groups in total. The standard InChI is InChI=1S/C28H37N3O7S2/c1-4-5-9-14-31(40(35,36)22-12-13-23-26(16-22)39-19-29-23)17-25(32)24(15-21-10-7-6-8-11-21)30-28(34)38-18-20(2)27(33)37-3/h6-8,10-13,16,19-20,24-25,32H,4-5,9,14-15,17-18H2,1-3H3,(H,30,34)/t20-,24+,25-/m1/s1. The molecule has 0 spiro atoms. The Hall–Kier alpha value is -3.06. The minimum absolute atomic E-state index is 0.122. The van der Waals surface area contributed by atoms with E-state index in [1.54, 1.807) is 24.6 Å². The number of methoxy groups -OCH3 is 1. The first-order valence-electron chi connectivity index (χ1n) is 13.2. The lowest BCUT2D eigenvalue weighted by Crippen LogP contribution is -2.51. The Morgan fingerprint density at radius 2 is 1.90 bits per heavy atom. The fourth-order valence-electron chi connectivity index (χ4n) is 4.14. The van der Waals surface area contributed by atoms with Gasteiger partial charge >= 0.3 is 12.1 Å². The summed E-state index contributed by atoms with van der Waals surface area (Å²) in [6, 6.07) is 13.2. The number of esters is 1. The van der Waals surface area contributed by atoms with Gasteiger partial charge in [-0.15, -0.1) is 11.3 Å². The van der Waals surface area contributed by atoms with Gasteiger partial charge in [-0.2, -0.15) is 4.31 Å². The Bertz CT molecular complexity index is 1350. The van der Waals surface area contributed by atoms with Crippen molar-refractivity contribution in [2.45, 2.75) is 56.6 Å². The van der Waals surface area contributed by atoms with E-state index in [4.69, 9.17) is 4.74 Å². The number of carbonyl (C=O) groups is 2. The lowest BCUT2D eigenvalue weighted by atomic mass is 10.0. The number of carbonyl (C=O) groups excluding carboxylic acids is 2. The van der Waals surface area contributed by atoms with E-state index in [0.717, 1.165) is 23.1 Å². The molecule has 218 valence electrons. The van der Waals surface area contributed by atoms with Gasteiger partial charge in [-0.25, -0.2) is 18.2 Å². The Morgan fingerprint density at radius 3 is 2.60 bits per heavy atom. The fraction of sp³-hybridized carbons (Fsp3) is 0.464. The van der Waals surface area contributed by atoms with Crippen LogP contribution in [-0.4, -0.2) is 73.8 Å². The van der Waals surface area contributed by atoms with Gasteiger partial charge in [-0.1, -0.05) is 50.1 Å². The second kappa shape index (κ2) is 15.1. The molecule has 3 aromatic rings. The molecule has 0 aliphatic heterocycles. The van der Waals surface area contributed by atoms with E-state index in [9.17, 15) is 23.1 Å². The smallest absolute Gasteiger partial charge is 0.407 e. The van der Waals surface area contributed by atoms with Gasteiger partial charge in [0.15, 0.2) is 0 Å². The van der Waals surface area contributed by atoms with Crippen molar-refractivity contribution in [3.8, 4) is 0 Å². The van der Waals surface area contributed by atoms with E-state index < -0.39 is 40.1 Å². The summed E-state index contributed by atoms with van der Waals surface area (Å²) in [5, 5.41) is 14.0. The molecule has 0 aliphatic rings. The molecule has 3 atom stereocenters. The molecule has 0 saturated heterocycles. The van der Waals surface area contributed by atoms with Crippen LogP contribution in [0.15, 0.2) is 58.9 Å². The minimum atomic E-state index is -3.96. The van der Waals surface area contributed by atoms with Gasteiger partial charge in [-0.3, -0.25) is 4.79 Å². The zero-order valence-electron chi connectivity index (χ0n) is 23.0. The predicted molar refractivity (Wildman–Crippen MR) is 154 cm³/mol. The van der Waals surface area contributed by atoms with Crippen LogP contribution in [0.4, 0.5) is 4.79 Å². The lowest BCUT2D eigenvalue weighted by Gasteiger charge is -2.30. The Kier molecular flexibility index (Phi) is 11.9. The number of ether oxygens (including phenoxy) is 2. The number of alkyl carbamates (subject to hydrolysis) is 1. The van der Waals surface area contributed by atoms with Crippen LogP contribution in [0.2, 0.25) is 0 Å². The number of nitrogens with one attached hydrogen (secondary N) is 1. The highest BCUT2D eigenvalue weighted by molar-refractivity contribution is 7.89. The highest BCUT2D eigenvalue weighted by Crippen LogP contribution is 2.25. The minimum Gasteiger partial charge on any atom is -0.469 e. The van der Waals surface area contributed by atoms with Crippen molar-refractivity contribution in [3.63, 3.8) is 0 Å². The van der Waals surface area contributed by atoms with Crippen LogP contribution in [0.1, 0.15) is 38.7 Å². The van der Waals surface area contributed by atoms with Crippen molar-refractivity contribution >= 4 is 43.6 Å². The van der Waals surface area contributed by atoms with E-state index in [0.29, 0.717) is 11.9 Å². The molecule has 0 radical (unpaired) electrons.